The molecule has 6 heteroatoms. The maximum absolute atomic E-state index is 10.7. The molecular weight excluding hydrogens is 342 g/mol. The Morgan fingerprint density at radius 3 is 2.81 bits per heavy atom. The van der Waals surface area contributed by atoms with Crippen molar-refractivity contribution in [3.63, 3.8) is 0 Å². The largest absolute Gasteiger partial charge is 0.492 e. The number of ether oxygens (including phenoxy) is 1. The molecule has 0 aliphatic rings. The Balaban J connectivity index is 2.81. The van der Waals surface area contributed by atoms with Gasteiger partial charge in [0, 0.05) is 11.4 Å². The first kappa shape index (κ1) is 13.4. The summed E-state index contributed by atoms with van der Waals surface area (Å²) in [5, 5.41) is 11.5. The number of nitro benzene ring substituents is 1. The lowest BCUT2D eigenvalue weighted by Gasteiger charge is -2.11. The average Bonchev–Trinajstić information content (AvgIpc) is 2.26. The number of nitro groups is 1. The molecule has 4 nitrogen and oxygen atoms in total. The molecule has 0 heterocycles. The number of nitrogens with zero attached hydrogens (tertiary/aromatic N) is 1. The summed E-state index contributed by atoms with van der Waals surface area (Å²) in [4.78, 5) is 10.2. The van der Waals surface area contributed by atoms with Crippen LogP contribution >= 0.6 is 31.9 Å². The van der Waals surface area contributed by atoms with Crippen LogP contribution in [-0.2, 0) is 0 Å². The van der Waals surface area contributed by atoms with Crippen LogP contribution in [-0.4, -0.2) is 16.9 Å². The van der Waals surface area contributed by atoms with E-state index in [1.54, 1.807) is 12.1 Å². The lowest BCUT2D eigenvalue weighted by Crippen LogP contribution is -2.09. The smallest absolute Gasteiger partial charge is 0.287 e. The molecule has 0 saturated heterocycles. The zero-order chi connectivity index (χ0) is 12.1. The number of hydrogen-bond donors (Lipinski definition) is 0. The van der Waals surface area contributed by atoms with Crippen LogP contribution in [0.2, 0.25) is 0 Å². The molecule has 0 aliphatic heterocycles. The van der Waals surface area contributed by atoms with E-state index in [9.17, 15) is 10.1 Å². The number of hydrogen-bond acceptors (Lipinski definition) is 3. The predicted octanol–water partition coefficient (Wildman–Crippen LogP) is 3.77. The normalized spacial score (nSPS) is 12.2. The summed E-state index contributed by atoms with van der Waals surface area (Å²) in [5.74, 6) is 0.855. The van der Waals surface area contributed by atoms with Gasteiger partial charge >= 0.3 is 0 Å². The van der Waals surface area contributed by atoms with E-state index in [0.717, 1.165) is 5.33 Å². The molecule has 0 amide bonds. The first-order valence-corrected chi connectivity index (χ1v) is 6.59. The summed E-state index contributed by atoms with van der Waals surface area (Å²) in [5.41, 5.74) is 0.0176. The molecule has 1 aromatic rings. The van der Waals surface area contributed by atoms with Crippen molar-refractivity contribution in [2.75, 3.05) is 11.9 Å². The summed E-state index contributed by atoms with van der Waals surface area (Å²) in [6.07, 6.45) is 0. The molecule has 0 N–H and O–H groups in total. The van der Waals surface area contributed by atoms with E-state index in [1.165, 1.54) is 6.07 Å². The van der Waals surface area contributed by atoms with E-state index < -0.39 is 4.92 Å². The van der Waals surface area contributed by atoms with Gasteiger partial charge in [-0.1, -0.05) is 28.9 Å². The van der Waals surface area contributed by atoms with Gasteiger partial charge < -0.3 is 4.74 Å². The molecule has 88 valence electrons. The van der Waals surface area contributed by atoms with Crippen LogP contribution in [0.15, 0.2) is 22.7 Å². The molecular formula is C10H11Br2NO3. The topological polar surface area (TPSA) is 52.4 Å². The zero-order valence-electron chi connectivity index (χ0n) is 8.65. The molecule has 0 aliphatic carbocycles. The van der Waals surface area contributed by atoms with Crippen LogP contribution in [0.4, 0.5) is 5.69 Å². The van der Waals surface area contributed by atoms with Crippen molar-refractivity contribution in [2.45, 2.75) is 6.92 Å². The molecule has 0 aromatic heterocycles. The van der Waals surface area contributed by atoms with Crippen molar-refractivity contribution in [2.24, 2.45) is 5.92 Å². The van der Waals surface area contributed by atoms with Crippen molar-refractivity contribution in [1.82, 2.24) is 0 Å². The second kappa shape index (κ2) is 6.20. The van der Waals surface area contributed by atoms with E-state index in [4.69, 9.17) is 4.74 Å². The van der Waals surface area contributed by atoms with Crippen LogP contribution in [0.25, 0.3) is 0 Å². The van der Waals surface area contributed by atoms with Crippen LogP contribution in [0.1, 0.15) is 6.92 Å². The summed E-state index contributed by atoms with van der Waals surface area (Å²) >= 11 is 6.52. The Hall–Kier alpha value is -0.620. The van der Waals surface area contributed by atoms with Gasteiger partial charge in [0.15, 0.2) is 0 Å². The van der Waals surface area contributed by atoms with Gasteiger partial charge in [-0.05, 0) is 27.9 Å². The van der Waals surface area contributed by atoms with Crippen molar-refractivity contribution in [3.05, 3.63) is 32.8 Å². The lowest BCUT2D eigenvalue weighted by molar-refractivity contribution is -0.385. The third kappa shape index (κ3) is 3.45. The third-order valence-electron chi connectivity index (χ3n) is 1.93. The molecule has 0 saturated carbocycles. The van der Waals surface area contributed by atoms with Crippen LogP contribution in [0.3, 0.4) is 0 Å². The molecule has 16 heavy (non-hydrogen) atoms. The van der Waals surface area contributed by atoms with Crippen molar-refractivity contribution in [1.29, 1.82) is 0 Å². The number of rotatable bonds is 5. The maximum Gasteiger partial charge on any atom is 0.287 e. The Morgan fingerprint density at radius 2 is 2.25 bits per heavy atom. The van der Waals surface area contributed by atoms with E-state index in [1.807, 2.05) is 6.92 Å². The minimum atomic E-state index is -0.440. The fourth-order valence-corrected chi connectivity index (χ4v) is 1.74. The van der Waals surface area contributed by atoms with Crippen molar-refractivity contribution in [3.8, 4) is 5.75 Å². The Kier molecular flexibility index (Phi) is 5.21. The minimum Gasteiger partial charge on any atom is -0.492 e. The van der Waals surface area contributed by atoms with Crippen LogP contribution < -0.4 is 4.74 Å². The Labute approximate surface area is 110 Å². The molecule has 1 unspecified atom stereocenters. The van der Waals surface area contributed by atoms with E-state index in [0.29, 0.717) is 22.7 Å². The Morgan fingerprint density at radius 1 is 1.56 bits per heavy atom. The van der Waals surface area contributed by atoms with Gasteiger partial charge in [0.05, 0.1) is 11.5 Å². The van der Waals surface area contributed by atoms with E-state index in [2.05, 4.69) is 31.9 Å². The molecule has 0 spiro atoms. The first-order chi connectivity index (χ1) is 7.56. The highest BCUT2D eigenvalue weighted by Crippen LogP contribution is 2.33. The van der Waals surface area contributed by atoms with Gasteiger partial charge in [0.2, 0.25) is 0 Å². The molecule has 0 fully saturated rings. The quantitative estimate of drug-likeness (QED) is 0.460. The number of halogens is 2. The highest BCUT2D eigenvalue weighted by atomic mass is 79.9. The summed E-state index contributed by atoms with van der Waals surface area (Å²) in [6.45, 7) is 2.55. The summed E-state index contributed by atoms with van der Waals surface area (Å²) < 4.78 is 5.89. The molecule has 1 aromatic carbocycles. The minimum absolute atomic E-state index is 0.0176. The van der Waals surface area contributed by atoms with Gasteiger partial charge in [0.25, 0.3) is 5.69 Å². The van der Waals surface area contributed by atoms with Crippen LogP contribution in [0, 0.1) is 16.0 Å². The van der Waals surface area contributed by atoms with Gasteiger partial charge in [-0.25, -0.2) is 0 Å². The van der Waals surface area contributed by atoms with Gasteiger partial charge in [-0.15, -0.1) is 0 Å². The standard InChI is InChI=1S/C10H11Br2NO3/c1-7(5-11)6-16-9-4-2-3-8(10(9)12)13(14)15/h2-4,7H,5-6H2,1H3. The van der Waals surface area contributed by atoms with Crippen LogP contribution in [0.5, 0.6) is 5.75 Å². The molecule has 0 bridgehead atoms. The van der Waals surface area contributed by atoms with E-state index in [-0.39, 0.29) is 5.69 Å². The zero-order valence-corrected chi connectivity index (χ0v) is 11.8. The fourth-order valence-electron chi connectivity index (χ4n) is 1.03. The second-order valence-corrected chi connectivity index (χ2v) is 4.86. The molecule has 1 atom stereocenters. The van der Waals surface area contributed by atoms with Gasteiger partial charge in [-0.2, -0.15) is 0 Å². The summed E-state index contributed by atoms with van der Waals surface area (Å²) in [7, 11) is 0. The van der Waals surface area contributed by atoms with Crippen molar-refractivity contribution >= 4 is 37.5 Å². The first-order valence-electron chi connectivity index (χ1n) is 4.68. The second-order valence-electron chi connectivity index (χ2n) is 3.42. The van der Waals surface area contributed by atoms with Crippen molar-refractivity contribution < 1.29 is 9.66 Å². The van der Waals surface area contributed by atoms with Gasteiger partial charge in [0.1, 0.15) is 10.2 Å². The number of benzene rings is 1. The monoisotopic (exact) mass is 351 g/mol. The predicted molar refractivity (Wildman–Crippen MR) is 69.2 cm³/mol. The lowest BCUT2D eigenvalue weighted by atomic mass is 10.2. The maximum atomic E-state index is 10.7. The Bertz CT molecular complexity index is 384. The average molecular weight is 353 g/mol. The number of alkyl halides is 1. The summed E-state index contributed by atoms with van der Waals surface area (Å²) in [6, 6.07) is 4.75. The third-order valence-corrected chi connectivity index (χ3v) is 3.83. The SMILES string of the molecule is CC(CBr)COc1cccc([N+](=O)[O-])c1Br. The molecule has 0 radical (unpaired) electrons. The fraction of sp³-hybridized carbons (Fsp3) is 0.400. The highest BCUT2D eigenvalue weighted by Gasteiger charge is 2.16. The molecule has 1 rings (SSSR count). The van der Waals surface area contributed by atoms with Gasteiger partial charge in [-0.3, -0.25) is 10.1 Å². The highest BCUT2D eigenvalue weighted by molar-refractivity contribution is 9.10. The van der Waals surface area contributed by atoms with E-state index >= 15 is 0 Å².